The smallest absolute Gasteiger partial charge is 0.335 e. The Labute approximate surface area is 165 Å². The second kappa shape index (κ2) is 12.8. The fourth-order valence-corrected chi connectivity index (χ4v) is 3.72. The highest BCUT2D eigenvalue weighted by atomic mass is 32.1. The van der Waals surface area contributed by atoms with E-state index in [9.17, 15) is 15.0 Å². The van der Waals surface area contributed by atoms with Crippen LogP contribution >= 0.6 is 0 Å². The van der Waals surface area contributed by atoms with Gasteiger partial charge in [-0.25, -0.2) is 0 Å². The standard InChI is InChI=1S/C20H31NO3.O2S/c1-3-5-15-6-4-7-17(12-15)20(24)21-18(13-22)19(23)16-10-8-14(2)9-11-16;1-3-2/h8-11,15,17-19,22-23H,3-7,12-13H2,1-2H3,(H,21,24);/t15-,17+,18-,19-;/m0./s1. The number of hydrogen-bond donors (Lipinski definition) is 3. The molecule has 0 radical (unpaired) electrons. The summed E-state index contributed by atoms with van der Waals surface area (Å²) < 4.78 is 16.6. The van der Waals surface area contributed by atoms with Gasteiger partial charge in [0.05, 0.1) is 12.6 Å². The van der Waals surface area contributed by atoms with E-state index in [1.54, 1.807) is 0 Å². The summed E-state index contributed by atoms with van der Waals surface area (Å²) in [4.78, 5) is 12.6. The third kappa shape index (κ3) is 7.91. The largest absolute Gasteiger partial charge is 0.394 e. The lowest BCUT2D eigenvalue weighted by Gasteiger charge is -2.30. The zero-order valence-corrected chi connectivity index (χ0v) is 16.9. The Kier molecular flexibility index (Phi) is 11.1. The molecule has 152 valence electrons. The molecule has 3 N–H and O–H groups in total. The molecule has 1 fully saturated rings. The van der Waals surface area contributed by atoms with E-state index in [1.165, 1.54) is 12.8 Å². The Morgan fingerprint density at radius 1 is 1.26 bits per heavy atom. The molecule has 0 saturated heterocycles. The van der Waals surface area contributed by atoms with Gasteiger partial charge in [-0.2, -0.15) is 8.42 Å². The van der Waals surface area contributed by atoms with Crippen molar-refractivity contribution in [1.29, 1.82) is 0 Å². The number of aliphatic hydroxyl groups excluding tert-OH is 2. The Morgan fingerprint density at radius 3 is 2.44 bits per heavy atom. The molecule has 7 heteroatoms. The van der Waals surface area contributed by atoms with E-state index in [0.717, 1.165) is 31.2 Å². The molecule has 0 unspecified atom stereocenters. The molecule has 1 aliphatic carbocycles. The third-order valence-corrected chi connectivity index (χ3v) is 5.17. The SMILES string of the molecule is CCC[C@H]1CCC[C@@H](C(=O)N[C@@H](CO)[C@@H](O)c2ccc(C)cc2)C1.O=S=O. The maximum absolute atomic E-state index is 12.6. The van der Waals surface area contributed by atoms with E-state index in [2.05, 4.69) is 12.2 Å². The maximum atomic E-state index is 12.6. The Bertz CT molecular complexity index is 599. The van der Waals surface area contributed by atoms with Crippen molar-refractivity contribution in [2.75, 3.05) is 6.61 Å². The quantitative estimate of drug-likeness (QED) is 0.656. The monoisotopic (exact) mass is 397 g/mol. The molecular weight excluding hydrogens is 366 g/mol. The van der Waals surface area contributed by atoms with Gasteiger partial charge in [-0.1, -0.05) is 62.4 Å². The molecule has 1 aromatic rings. The van der Waals surface area contributed by atoms with Crippen LogP contribution in [0.5, 0.6) is 0 Å². The molecule has 2 rings (SSSR count). The van der Waals surface area contributed by atoms with Crippen molar-refractivity contribution in [2.24, 2.45) is 11.8 Å². The van der Waals surface area contributed by atoms with Crippen molar-refractivity contribution in [2.45, 2.75) is 64.5 Å². The van der Waals surface area contributed by atoms with Gasteiger partial charge in [0.1, 0.15) is 6.10 Å². The van der Waals surface area contributed by atoms with E-state index in [4.69, 9.17) is 8.42 Å². The molecule has 1 amide bonds. The molecule has 1 saturated carbocycles. The Hall–Kier alpha value is -1.57. The Balaban J connectivity index is 0.00000114. The number of rotatable bonds is 7. The van der Waals surface area contributed by atoms with Crippen molar-refractivity contribution >= 4 is 17.5 Å². The lowest BCUT2D eigenvalue weighted by Crippen LogP contribution is -2.45. The highest BCUT2D eigenvalue weighted by Crippen LogP contribution is 2.32. The van der Waals surface area contributed by atoms with Gasteiger partial charge in [0.25, 0.3) is 0 Å². The molecule has 0 spiro atoms. The first-order valence-electron chi connectivity index (χ1n) is 9.54. The average molecular weight is 398 g/mol. The average Bonchev–Trinajstić information content (AvgIpc) is 2.67. The molecular formula is C20H31NO5S. The summed E-state index contributed by atoms with van der Waals surface area (Å²) in [5, 5.41) is 23.0. The van der Waals surface area contributed by atoms with E-state index < -0.39 is 23.7 Å². The second-order valence-corrected chi connectivity index (χ2v) is 7.38. The van der Waals surface area contributed by atoms with Gasteiger partial charge in [-0.15, -0.1) is 0 Å². The van der Waals surface area contributed by atoms with E-state index in [1.807, 2.05) is 31.2 Å². The molecule has 6 nitrogen and oxygen atoms in total. The predicted octanol–water partition coefficient (Wildman–Crippen LogP) is 2.44. The number of carbonyl (C=O) groups is 1. The van der Waals surface area contributed by atoms with Crippen LogP contribution < -0.4 is 5.32 Å². The predicted molar refractivity (Wildman–Crippen MR) is 104 cm³/mol. The van der Waals surface area contributed by atoms with Crippen LogP contribution in [-0.2, 0) is 16.4 Å². The third-order valence-electron chi connectivity index (χ3n) is 5.17. The molecule has 0 bridgehead atoms. The van der Waals surface area contributed by atoms with Gasteiger partial charge in [-0.05, 0) is 31.2 Å². The summed E-state index contributed by atoms with van der Waals surface area (Å²) in [6.07, 6.45) is 5.59. The van der Waals surface area contributed by atoms with Crippen molar-refractivity contribution in [1.82, 2.24) is 5.32 Å². The second-order valence-electron chi connectivity index (χ2n) is 7.24. The van der Waals surface area contributed by atoms with Gasteiger partial charge >= 0.3 is 11.6 Å². The number of aryl methyl sites for hydroxylation is 1. The van der Waals surface area contributed by atoms with Gasteiger partial charge in [0.15, 0.2) is 0 Å². The van der Waals surface area contributed by atoms with Crippen LogP contribution in [-0.4, -0.2) is 37.2 Å². The lowest BCUT2D eigenvalue weighted by atomic mass is 9.79. The molecule has 1 aromatic carbocycles. The lowest BCUT2D eigenvalue weighted by molar-refractivity contribution is -0.128. The van der Waals surface area contributed by atoms with Crippen LogP contribution in [0.4, 0.5) is 0 Å². The number of amides is 1. The Morgan fingerprint density at radius 2 is 1.89 bits per heavy atom. The van der Waals surface area contributed by atoms with Crippen molar-refractivity contribution in [3.63, 3.8) is 0 Å². The van der Waals surface area contributed by atoms with Gasteiger partial charge < -0.3 is 15.5 Å². The summed E-state index contributed by atoms with van der Waals surface area (Å²) in [7, 11) is 0. The number of nitrogens with one attached hydrogen (secondary N) is 1. The van der Waals surface area contributed by atoms with Crippen LogP contribution in [0.15, 0.2) is 24.3 Å². The zero-order chi connectivity index (χ0) is 20.2. The van der Waals surface area contributed by atoms with Crippen molar-refractivity contribution in [3.8, 4) is 0 Å². The minimum absolute atomic E-state index is 0.00886. The summed E-state index contributed by atoms with van der Waals surface area (Å²) in [5.74, 6) is 0.615. The maximum Gasteiger partial charge on any atom is 0.335 e. The first-order valence-corrected chi connectivity index (χ1v) is 10.2. The fourth-order valence-electron chi connectivity index (χ4n) is 3.72. The van der Waals surface area contributed by atoms with Gasteiger partial charge in [0, 0.05) is 5.92 Å². The highest BCUT2D eigenvalue weighted by molar-refractivity contribution is 7.51. The van der Waals surface area contributed by atoms with Crippen LogP contribution in [0.2, 0.25) is 0 Å². The number of hydrogen-bond acceptors (Lipinski definition) is 5. The van der Waals surface area contributed by atoms with E-state index in [-0.39, 0.29) is 18.4 Å². The van der Waals surface area contributed by atoms with Crippen molar-refractivity contribution < 1.29 is 23.4 Å². The normalized spacial score (nSPS) is 21.3. The van der Waals surface area contributed by atoms with Crippen LogP contribution in [0.1, 0.15) is 62.7 Å². The molecule has 1 aliphatic rings. The number of benzene rings is 1. The molecule has 27 heavy (non-hydrogen) atoms. The molecule has 0 heterocycles. The summed E-state index contributed by atoms with van der Waals surface area (Å²) in [6.45, 7) is 3.90. The minimum atomic E-state index is -0.894. The highest BCUT2D eigenvalue weighted by Gasteiger charge is 2.30. The van der Waals surface area contributed by atoms with Crippen LogP contribution in [0.25, 0.3) is 0 Å². The number of aliphatic hydroxyl groups is 2. The fraction of sp³-hybridized carbons (Fsp3) is 0.650. The van der Waals surface area contributed by atoms with Crippen LogP contribution in [0.3, 0.4) is 0 Å². The summed E-state index contributed by atoms with van der Waals surface area (Å²) >= 11 is -0.750. The molecule has 0 aromatic heterocycles. The first-order chi connectivity index (χ1) is 13.0. The molecule has 0 aliphatic heterocycles. The number of carbonyl (C=O) groups excluding carboxylic acids is 1. The van der Waals surface area contributed by atoms with Gasteiger partial charge in [0.2, 0.25) is 5.91 Å². The summed E-state index contributed by atoms with van der Waals surface area (Å²) in [6, 6.07) is 6.86. The first kappa shape index (κ1) is 23.5. The van der Waals surface area contributed by atoms with E-state index in [0.29, 0.717) is 11.5 Å². The zero-order valence-electron chi connectivity index (χ0n) is 16.1. The minimum Gasteiger partial charge on any atom is -0.394 e. The summed E-state index contributed by atoms with van der Waals surface area (Å²) in [5.41, 5.74) is 1.83. The van der Waals surface area contributed by atoms with Gasteiger partial charge in [-0.3, -0.25) is 4.79 Å². The van der Waals surface area contributed by atoms with Crippen molar-refractivity contribution in [3.05, 3.63) is 35.4 Å². The van der Waals surface area contributed by atoms with Crippen LogP contribution in [0, 0.1) is 18.8 Å². The van der Waals surface area contributed by atoms with E-state index >= 15 is 0 Å². The topological polar surface area (TPSA) is 104 Å². The molecule has 4 atom stereocenters.